The Hall–Kier alpha value is -3.00. The van der Waals surface area contributed by atoms with Gasteiger partial charge in [-0.15, -0.1) is 0 Å². The summed E-state index contributed by atoms with van der Waals surface area (Å²) in [4.78, 5) is 54.0. The summed E-state index contributed by atoms with van der Waals surface area (Å²) in [6.45, 7) is 3.68. The van der Waals surface area contributed by atoms with Crippen LogP contribution in [0, 0.1) is 17.8 Å². The van der Waals surface area contributed by atoms with Crippen LogP contribution in [0.15, 0.2) is 51.0 Å². The molecule has 4 unspecified atom stereocenters. The summed E-state index contributed by atoms with van der Waals surface area (Å²) < 4.78 is 5.98. The number of ether oxygens (including phenoxy) is 1. The molecule has 0 spiro atoms. The molecule has 0 bridgehead atoms. The van der Waals surface area contributed by atoms with Gasteiger partial charge in [0.15, 0.2) is 23.1 Å². The molecular weight excluding hydrogens is 502 g/mol. The minimum atomic E-state index is -0.722. The lowest BCUT2D eigenvalue weighted by atomic mass is 9.59. The molecule has 1 aromatic rings. The molecule has 4 aliphatic rings. The first-order valence-corrected chi connectivity index (χ1v) is 12.1. The zero-order chi connectivity index (χ0) is 24.5. The van der Waals surface area contributed by atoms with Gasteiger partial charge in [0.25, 0.3) is 0 Å². The largest absolute Gasteiger partial charge is 0.504 e. The molecule has 5 rings (SSSR count). The highest BCUT2D eigenvalue weighted by Gasteiger charge is 2.56. The van der Waals surface area contributed by atoms with Crippen LogP contribution in [-0.2, 0) is 19.2 Å². The summed E-state index contributed by atoms with van der Waals surface area (Å²) in [5.74, 6) is -3.00. The molecule has 7 nitrogen and oxygen atoms in total. The van der Waals surface area contributed by atoms with Gasteiger partial charge in [0.05, 0.1) is 18.9 Å². The van der Waals surface area contributed by atoms with Crippen molar-refractivity contribution < 1.29 is 29.0 Å². The lowest BCUT2D eigenvalue weighted by Gasteiger charge is -2.42. The van der Waals surface area contributed by atoms with E-state index in [0.717, 1.165) is 5.57 Å². The van der Waals surface area contributed by atoms with Gasteiger partial charge in [-0.2, -0.15) is 0 Å². The number of carbonyl (C=O) groups excluding carboxylic acids is 4. The van der Waals surface area contributed by atoms with E-state index in [1.807, 2.05) is 6.08 Å². The van der Waals surface area contributed by atoms with Gasteiger partial charge in [-0.05, 0) is 50.8 Å². The fraction of sp³-hybridized carbons (Fsp3) is 0.385. The van der Waals surface area contributed by atoms with Crippen LogP contribution < -0.4 is 4.74 Å². The minimum Gasteiger partial charge on any atom is -0.504 e. The lowest BCUT2D eigenvalue weighted by molar-refractivity contribution is -0.139. The van der Waals surface area contributed by atoms with Crippen molar-refractivity contribution >= 4 is 39.3 Å². The topological polar surface area (TPSA) is 101 Å². The molecule has 1 fully saturated rings. The number of Topliss-reactive ketones (excluding diaryl/α,β-unsaturated/α-hetero) is 1. The molecule has 0 radical (unpaired) electrons. The Morgan fingerprint density at radius 3 is 2.56 bits per heavy atom. The quantitative estimate of drug-likeness (QED) is 0.367. The number of nitrogens with zero attached hydrogens (tertiary/aromatic N) is 1. The second kappa shape index (κ2) is 8.05. The number of benzene rings is 1. The van der Waals surface area contributed by atoms with Gasteiger partial charge in [-0.25, -0.2) is 0 Å². The maximum atomic E-state index is 13.4. The zero-order valence-electron chi connectivity index (χ0n) is 19.1. The number of phenols is 1. The van der Waals surface area contributed by atoms with E-state index < -0.39 is 23.7 Å². The third-order valence-electron chi connectivity index (χ3n) is 7.57. The highest BCUT2D eigenvalue weighted by Crippen LogP contribution is 2.57. The van der Waals surface area contributed by atoms with E-state index in [1.54, 1.807) is 26.0 Å². The number of likely N-dealkylation sites (tertiary alicyclic amines) is 1. The summed E-state index contributed by atoms with van der Waals surface area (Å²) in [7, 11) is 1.44. The molecule has 8 heteroatoms. The third kappa shape index (κ3) is 3.07. The van der Waals surface area contributed by atoms with Gasteiger partial charge in [0, 0.05) is 39.2 Å². The molecule has 1 aromatic carbocycles. The Morgan fingerprint density at radius 2 is 1.88 bits per heavy atom. The van der Waals surface area contributed by atoms with Crippen molar-refractivity contribution in [3.05, 3.63) is 56.6 Å². The van der Waals surface area contributed by atoms with Crippen LogP contribution >= 0.6 is 15.9 Å². The van der Waals surface area contributed by atoms with Crippen LogP contribution in [-0.4, -0.2) is 47.0 Å². The molecule has 1 saturated heterocycles. The Labute approximate surface area is 205 Å². The summed E-state index contributed by atoms with van der Waals surface area (Å²) >= 11 is 3.45. The van der Waals surface area contributed by atoms with Crippen LogP contribution in [0.2, 0.25) is 0 Å². The van der Waals surface area contributed by atoms with Crippen molar-refractivity contribution in [2.45, 2.75) is 32.6 Å². The van der Waals surface area contributed by atoms with Crippen LogP contribution in [0.1, 0.15) is 38.2 Å². The van der Waals surface area contributed by atoms with E-state index in [-0.39, 0.29) is 41.3 Å². The van der Waals surface area contributed by atoms with Crippen molar-refractivity contribution in [1.29, 1.82) is 0 Å². The van der Waals surface area contributed by atoms with E-state index in [2.05, 4.69) is 15.9 Å². The van der Waals surface area contributed by atoms with Crippen LogP contribution in [0.4, 0.5) is 0 Å². The fourth-order valence-electron chi connectivity index (χ4n) is 6.06. The highest BCUT2D eigenvalue weighted by atomic mass is 79.9. The number of amides is 2. The Morgan fingerprint density at radius 1 is 1.15 bits per heavy atom. The van der Waals surface area contributed by atoms with Crippen molar-refractivity contribution in [2.24, 2.45) is 17.8 Å². The SMILES string of the molecule is CCN1C(=O)C2CC=C3C(c4cc(Br)cc(OC)c4O)C4=C(CC3C2C1=O)C(=O)C=C(C)C4=O. The van der Waals surface area contributed by atoms with E-state index in [9.17, 15) is 24.3 Å². The first-order chi connectivity index (χ1) is 16.2. The molecule has 4 atom stereocenters. The van der Waals surface area contributed by atoms with E-state index >= 15 is 0 Å². The van der Waals surface area contributed by atoms with E-state index in [1.165, 1.54) is 18.1 Å². The fourth-order valence-corrected chi connectivity index (χ4v) is 6.52. The Bertz CT molecular complexity index is 1270. The van der Waals surface area contributed by atoms with Gasteiger partial charge in [0.1, 0.15) is 0 Å². The number of halogens is 1. The average Bonchev–Trinajstić information content (AvgIpc) is 3.06. The number of hydrogen-bond acceptors (Lipinski definition) is 6. The predicted octanol–water partition coefficient (Wildman–Crippen LogP) is 3.61. The second-order valence-corrected chi connectivity index (χ2v) is 10.1. The highest BCUT2D eigenvalue weighted by molar-refractivity contribution is 9.10. The number of ketones is 2. The molecule has 1 aliphatic heterocycles. The molecule has 3 aliphatic carbocycles. The number of fused-ring (bicyclic) bond motifs is 3. The Kier molecular flexibility index (Phi) is 5.39. The molecule has 1 N–H and O–H groups in total. The number of carbonyl (C=O) groups is 4. The molecule has 176 valence electrons. The third-order valence-corrected chi connectivity index (χ3v) is 8.03. The number of methoxy groups -OCH3 is 1. The summed E-state index contributed by atoms with van der Waals surface area (Å²) in [5.41, 5.74) is 2.26. The molecule has 2 amide bonds. The molecule has 34 heavy (non-hydrogen) atoms. The van der Waals surface area contributed by atoms with E-state index in [0.29, 0.717) is 39.7 Å². The van der Waals surface area contributed by atoms with Gasteiger partial charge in [-0.3, -0.25) is 24.1 Å². The molecule has 0 saturated carbocycles. The number of phenolic OH excluding ortho intramolecular Hbond substituents is 1. The number of imide groups is 1. The van der Waals surface area contributed by atoms with Gasteiger partial charge in [-0.1, -0.05) is 27.6 Å². The van der Waals surface area contributed by atoms with Gasteiger partial charge >= 0.3 is 0 Å². The van der Waals surface area contributed by atoms with Crippen LogP contribution in [0.3, 0.4) is 0 Å². The van der Waals surface area contributed by atoms with Gasteiger partial charge < -0.3 is 9.84 Å². The standard InChI is InChI=1S/C26H24BrNO6/c1-4-28-25(32)14-6-5-13-15(21(14)26(28)33)10-16-18(29)7-11(2)23(30)22(16)20(13)17-8-12(27)9-19(34-3)24(17)31/h5,7-9,14-15,20-21,31H,4,6,10H2,1-3H3. The first-order valence-electron chi connectivity index (χ1n) is 11.3. The predicted molar refractivity (Wildman–Crippen MR) is 126 cm³/mol. The normalized spacial score (nSPS) is 28.4. The second-order valence-electron chi connectivity index (χ2n) is 9.20. The molecule has 1 heterocycles. The average molecular weight is 526 g/mol. The van der Waals surface area contributed by atoms with Crippen molar-refractivity contribution in [2.75, 3.05) is 13.7 Å². The summed E-state index contributed by atoms with van der Waals surface area (Å²) in [6, 6.07) is 3.34. The van der Waals surface area contributed by atoms with Crippen molar-refractivity contribution in [3.8, 4) is 11.5 Å². The number of allylic oxidation sites excluding steroid dienone is 6. The maximum Gasteiger partial charge on any atom is 0.233 e. The minimum absolute atomic E-state index is 0.123. The zero-order valence-corrected chi connectivity index (χ0v) is 20.6. The van der Waals surface area contributed by atoms with Crippen LogP contribution in [0.25, 0.3) is 0 Å². The van der Waals surface area contributed by atoms with Gasteiger partial charge in [0.2, 0.25) is 11.8 Å². The monoisotopic (exact) mass is 525 g/mol. The molecular formula is C26H24BrNO6. The number of aromatic hydroxyl groups is 1. The van der Waals surface area contributed by atoms with Crippen LogP contribution in [0.5, 0.6) is 11.5 Å². The molecule has 0 aromatic heterocycles. The number of hydrogen-bond donors (Lipinski definition) is 1. The van der Waals surface area contributed by atoms with Crippen molar-refractivity contribution in [3.63, 3.8) is 0 Å². The summed E-state index contributed by atoms with van der Waals surface area (Å²) in [6.07, 6.45) is 3.87. The first kappa shape index (κ1) is 22.8. The van der Waals surface area contributed by atoms with Crippen molar-refractivity contribution in [1.82, 2.24) is 4.90 Å². The summed E-state index contributed by atoms with van der Waals surface area (Å²) in [5, 5.41) is 11.1. The maximum absolute atomic E-state index is 13.4. The Balaban J connectivity index is 1.75. The van der Waals surface area contributed by atoms with E-state index in [4.69, 9.17) is 4.74 Å². The number of rotatable bonds is 3. The lowest BCUT2D eigenvalue weighted by Crippen LogP contribution is -2.39. The smallest absolute Gasteiger partial charge is 0.233 e.